The summed E-state index contributed by atoms with van der Waals surface area (Å²) in [4.78, 5) is 10.6. The number of nitrogens with zero attached hydrogens (tertiary/aromatic N) is 4. The van der Waals surface area contributed by atoms with Crippen LogP contribution in [-0.2, 0) is 6.54 Å². The van der Waals surface area contributed by atoms with E-state index < -0.39 is 5.82 Å². The van der Waals surface area contributed by atoms with Crippen LogP contribution in [0.1, 0.15) is 44.3 Å². The normalized spacial score (nSPS) is 16.9. The van der Waals surface area contributed by atoms with Crippen LogP contribution in [0.2, 0.25) is 0 Å². The Morgan fingerprint density at radius 2 is 2.17 bits per heavy atom. The molecule has 0 unspecified atom stereocenters. The van der Waals surface area contributed by atoms with Crippen LogP contribution in [0.25, 0.3) is 0 Å². The van der Waals surface area contributed by atoms with Crippen LogP contribution in [0.15, 0.2) is 22.9 Å². The Morgan fingerprint density at radius 1 is 1.39 bits per heavy atom. The summed E-state index contributed by atoms with van der Waals surface area (Å²) in [7, 11) is 0. The number of likely N-dealkylation sites (tertiary alicyclic amines) is 1. The van der Waals surface area contributed by atoms with E-state index in [0.29, 0.717) is 18.3 Å². The summed E-state index contributed by atoms with van der Waals surface area (Å²) in [5.74, 6) is 1.30. The molecule has 124 valence electrons. The van der Waals surface area contributed by atoms with E-state index in [0.717, 1.165) is 25.9 Å². The maximum atomic E-state index is 13.6. The zero-order chi connectivity index (χ0) is 16.2. The molecule has 2 aromatic heterocycles. The third kappa shape index (κ3) is 4.04. The fraction of sp³-hybridized carbons (Fsp3) is 0.562. The van der Waals surface area contributed by atoms with Crippen LogP contribution in [0.5, 0.6) is 5.88 Å². The molecule has 3 rings (SSSR count). The molecule has 2 aromatic rings. The summed E-state index contributed by atoms with van der Waals surface area (Å²) in [6, 6.07) is 2.92. The van der Waals surface area contributed by atoms with Crippen molar-refractivity contribution in [2.75, 3.05) is 13.1 Å². The van der Waals surface area contributed by atoms with Crippen molar-refractivity contribution in [2.24, 2.45) is 0 Å². The Bertz CT molecular complexity index is 639. The molecular weight excluding hydrogens is 299 g/mol. The van der Waals surface area contributed by atoms with Crippen LogP contribution in [0, 0.1) is 5.82 Å². The Balaban J connectivity index is 1.49. The topological polar surface area (TPSA) is 64.3 Å². The molecule has 0 radical (unpaired) electrons. The lowest BCUT2D eigenvalue weighted by Crippen LogP contribution is -2.38. The van der Waals surface area contributed by atoms with E-state index in [1.54, 1.807) is 6.07 Å². The van der Waals surface area contributed by atoms with E-state index in [9.17, 15) is 4.39 Å². The smallest absolute Gasteiger partial charge is 0.250 e. The summed E-state index contributed by atoms with van der Waals surface area (Å²) >= 11 is 0. The highest BCUT2D eigenvalue weighted by atomic mass is 19.1. The number of hydrogen-bond donors (Lipinski definition) is 0. The minimum atomic E-state index is -0.414. The van der Waals surface area contributed by atoms with Crippen molar-refractivity contribution in [3.8, 4) is 5.88 Å². The second kappa shape index (κ2) is 7.04. The molecule has 1 aliphatic rings. The first kappa shape index (κ1) is 15.9. The van der Waals surface area contributed by atoms with Gasteiger partial charge in [-0.1, -0.05) is 19.0 Å². The third-order valence-electron chi connectivity index (χ3n) is 3.88. The van der Waals surface area contributed by atoms with Gasteiger partial charge in [0.25, 0.3) is 5.88 Å². The molecule has 0 spiro atoms. The van der Waals surface area contributed by atoms with Crippen molar-refractivity contribution in [3.05, 3.63) is 35.9 Å². The van der Waals surface area contributed by atoms with Gasteiger partial charge in [0.15, 0.2) is 11.6 Å². The highest BCUT2D eigenvalue weighted by Crippen LogP contribution is 2.20. The molecule has 0 N–H and O–H groups in total. The van der Waals surface area contributed by atoms with Crippen molar-refractivity contribution in [1.29, 1.82) is 0 Å². The maximum Gasteiger partial charge on any atom is 0.250 e. The number of rotatable bonds is 5. The molecule has 0 amide bonds. The predicted molar refractivity (Wildman–Crippen MR) is 81.5 cm³/mol. The highest BCUT2D eigenvalue weighted by molar-refractivity contribution is 5.13. The molecule has 0 atom stereocenters. The summed E-state index contributed by atoms with van der Waals surface area (Å²) in [6.07, 6.45) is 3.18. The molecule has 0 aliphatic carbocycles. The maximum absolute atomic E-state index is 13.6. The number of halogens is 1. The molecule has 1 aliphatic heterocycles. The van der Waals surface area contributed by atoms with Gasteiger partial charge in [0.1, 0.15) is 6.10 Å². The van der Waals surface area contributed by atoms with E-state index in [1.165, 1.54) is 12.3 Å². The monoisotopic (exact) mass is 320 g/mol. The van der Waals surface area contributed by atoms with E-state index in [4.69, 9.17) is 9.26 Å². The second-order valence-electron chi connectivity index (χ2n) is 6.09. The van der Waals surface area contributed by atoms with Crippen LogP contribution >= 0.6 is 0 Å². The number of aromatic nitrogens is 3. The minimum absolute atomic E-state index is 0.00727. The Hall–Kier alpha value is -2.02. The molecule has 1 fully saturated rings. The summed E-state index contributed by atoms with van der Waals surface area (Å²) in [5, 5.41) is 4.01. The quantitative estimate of drug-likeness (QED) is 0.844. The van der Waals surface area contributed by atoms with Gasteiger partial charge in [-0.3, -0.25) is 4.90 Å². The van der Waals surface area contributed by atoms with Crippen molar-refractivity contribution in [2.45, 2.75) is 45.3 Å². The summed E-state index contributed by atoms with van der Waals surface area (Å²) < 4.78 is 24.4. The Morgan fingerprint density at radius 3 is 2.83 bits per heavy atom. The number of pyridine rings is 1. The third-order valence-corrected chi connectivity index (χ3v) is 3.88. The first-order chi connectivity index (χ1) is 11.1. The Kier molecular flexibility index (Phi) is 4.85. The van der Waals surface area contributed by atoms with Crippen molar-refractivity contribution in [3.63, 3.8) is 0 Å². The van der Waals surface area contributed by atoms with Crippen molar-refractivity contribution >= 4 is 0 Å². The molecule has 0 bridgehead atoms. The molecule has 1 saturated heterocycles. The van der Waals surface area contributed by atoms with Gasteiger partial charge in [-0.25, -0.2) is 9.37 Å². The van der Waals surface area contributed by atoms with E-state index in [2.05, 4.69) is 20.0 Å². The van der Waals surface area contributed by atoms with Crippen molar-refractivity contribution in [1.82, 2.24) is 20.0 Å². The average Bonchev–Trinajstić information content (AvgIpc) is 3.00. The largest absolute Gasteiger partial charge is 0.472 e. The van der Waals surface area contributed by atoms with Gasteiger partial charge in [-0.05, 0) is 25.0 Å². The van der Waals surface area contributed by atoms with Gasteiger partial charge in [0, 0.05) is 25.2 Å². The predicted octanol–water partition coefficient (Wildman–Crippen LogP) is 2.77. The SMILES string of the molecule is CC(C)c1nc(CN2CCC(Oc3ncccc3F)CC2)no1. The lowest BCUT2D eigenvalue weighted by molar-refractivity contribution is 0.0879. The second-order valence-corrected chi connectivity index (χ2v) is 6.09. The number of piperidine rings is 1. The molecular formula is C16H21FN4O2. The van der Waals surface area contributed by atoms with E-state index >= 15 is 0 Å². The molecule has 0 aromatic carbocycles. The molecule has 6 nitrogen and oxygen atoms in total. The van der Waals surface area contributed by atoms with Gasteiger partial charge in [0.2, 0.25) is 5.89 Å². The van der Waals surface area contributed by atoms with Crippen LogP contribution in [-0.4, -0.2) is 39.2 Å². The zero-order valence-electron chi connectivity index (χ0n) is 13.4. The standard InChI is InChI=1S/C16H21FN4O2/c1-11(2)15-19-14(20-23-15)10-21-8-5-12(6-9-21)22-16-13(17)4-3-7-18-16/h3-4,7,11-12H,5-6,8-10H2,1-2H3. The van der Waals surface area contributed by atoms with Gasteiger partial charge < -0.3 is 9.26 Å². The van der Waals surface area contributed by atoms with Crippen molar-refractivity contribution < 1.29 is 13.7 Å². The fourth-order valence-corrected chi connectivity index (χ4v) is 2.57. The van der Waals surface area contributed by atoms with Gasteiger partial charge in [0.05, 0.1) is 6.54 Å². The minimum Gasteiger partial charge on any atom is -0.472 e. The lowest BCUT2D eigenvalue weighted by atomic mass is 10.1. The highest BCUT2D eigenvalue weighted by Gasteiger charge is 2.23. The first-order valence-corrected chi connectivity index (χ1v) is 7.94. The average molecular weight is 320 g/mol. The molecule has 0 saturated carbocycles. The van der Waals surface area contributed by atoms with E-state index in [1.807, 2.05) is 13.8 Å². The zero-order valence-corrected chi connectivity index (χ0v) is 13.4. The molecule has 3 heterocycles. The number of ether oxygens (including phenoxy) is 1. The van der Waals surface area contributed by atoms with Crippen LogP contribution < -0.4 is 4.74 Å². The van der Waals surface area contributed by atoms with Gasteiger partial charge >= 0.3 is 0 Å². The first-order valence-electron chi connectivity index (χ1n) is 7.94. The Labute approximate surface area is 134 Å². The van der Waals surface area contributed by atoms with Crippen LogP contribution in [0.3, 0.4) is 0 Å². The fourth-order valence-electron chi connectivity index (χ4n) is 2.57. The summed E-state index contributed by atoms with van der Waals surface area (Å²) in [6.45, 7) is 6.42. The number of hydrogen-bond acceptors (Lipinski definition) is 6. The lowest BCUT2D eigenvalue weighted by Gasteiger charge is -2.30. The van der Waals surface area contributed by atoms with Crippen LogP contribution in [0.4, 0.5) is 4.39 Å². The summed E-state index contributed by atoms with van der Waals surface area (Å²) in [5.41, 5.74) is 0. The molecule has 23 heavy (non-hydrogen) atoms. The van der Waals surface area contributed by atoms with E-state index in [-0.39, 0.29) is 17.9 Å². The molecule has 7 heteroatoms. The van der Waals surface area contributed by atoms with Gasteiger partial charge in [-0.15, -0.1) is 0 Å². The van der Waals surface area contributed by atoms with Gasteiger partial charge in [-0.2, -0.15) is 4.98 Å².